The zero-order valence-electron chi connectivity index (χ0n) is 16.3. The lowest BCUT2D eigenvalue weighted by Gasteiger charge is -2.09. The minimum Gasteiger partial charge on any atom is -0.454 e. The fourth-order valence-corrected chi connectivity index (χ4v) is 4.80. The van der Waals surface area contributed by atoms with Gasteiger partial charge in [0.05, 0.1) is 28.6 Å². The van der Waals surface area contributed by atoms with Gasteiger partial charge in [0.15, 0.2) is 5.58 Å². The molecule has 0 aliphatic heterocycles. The van der Waals surface area contributed by atoms with Crippen molar-refractivity contribution in [3.63, 3.8) is 0 Å². The molecular formula is C26H17N3O. The van der Waals surface area contributed by atoms with E-state index in [-0.39, 0.29) is 0 Å². The standard InChI is InChI=1S/C26H17N3O/c1-28-15-27-24-21(28)10-6-11-22(24)29-20-9-4-2-7-16(20)18-13-14-19-17-8-3-5-12-23(17)30-26(19)25(18)29/h2-15H,1H3. The SMILES string of the molecule is Cn1cnc2c(-n3c4ccccc4c4ccc5c6ccccc6oc5c43)cccc21. The van der Waals surface area contributed by atoms with Crippen LogP contribution in [0.2, 0.25) is 0 Å². The van der Waals surface area contributed by atoms with Gasteiger partial charge in [0.1, 0.15) is 11.1 Å². The maximum absolute atomic E-state index is 6.43. The molecule has 0 unspecified atom stereocenters. The fourth-order valence-electron chi connectivity index (χ4n) is 4.80. The van der Waals surface area contributed by atoms with Crippen molar-refractivity contribution in [1.82, 2.24) is 14.1 Å². The maximum Gasteiger partial charge on any atom is 0.160 e. The lowest BCUT2D eigenvalue weighted by Crippen LogP contribution is -1.96. The first-order chi connectivity index (χ1) is 14.8. The van der Waals surface area contributed by atoms with Gasteiger partial charge in [-0.05, 0) is 30.3 Å². The third kappa shape index (κ3) is 1.88. The van der Waals surface area contributed by atoms with Crippen molar-refractivity contribution >= 4 is 54.8 Å². The van der Waals surface area contributed by atoms with E-state index in [2.05, 4.69) is 75.9 Å². The third-order valence-corrected chi connectivity index (χ3v) is 6.15. The Balaban J connectivity index is 1.77. The van der Waals surface area contributed by atoms with E-state index < -0.39 is 0 Å². The topological polar surface area (TPSA) is 35.9 Å². The molecule has 4 nitrogen and oxygen atoms in total. The molecule has 3 aromatic heterocycles. The molecule has 0 bridgehead atoms. The van der Waals surface area contributed by atoms with E-state index in [1.807, 2.05) is 25.5 Å². The maximum atomic E-state index is 6.43. The summed E-state index contributed by atoms with van der Waals surface area (Å²) in [6, 6.07) is 27.5. The minimum atomic E-state index is 0.910. The van der Waals surface area contributed by atoms with E-state index in [0.717, 1.165) is 49.7 Å². The third-order valence-electron chi connectivity index (χ3n) is 6.15. The summed E-state index contributed by atoms with van der Waals surface area (Å²) in [4.78, 5) is 4.72. The quantitative estimate of drug-likeness (QED) is 0.319. The lowest BCUT2D eigenvalue weighted by molar-refractivity contribution is 0.671. The summed E-state index contributed by atoms with van der Waals surface area (Å²) in [5.41, 5.74) is 7.21. The molecule has 0 saturated carbocycles. The van der Waals surface area contributed by atoms with Crippen molar-refractivity contribution < 1.29 is 4.42 Å². The van der Waals surface area contributed by atoms with Gasteiger partial charge in [-0.25, -0.2) is 4.98 Å². The van der Waals surface area contributed by atoms with Gasteiger partial charge in [-0.1, -0.05) is 48.5 Å². The second-order valence-corrected chi connectivity index (χ2v) is 7.79. The molecule has 7 aromatic rings. The van der Waals surface area contributed by atoms with Crippen LogP contribution in [0.25, 0.3) is 60.5 Å². The first-order valence-corrected chi connectivity index (χ1v) is 10.0. The number of furan rings is 1. The van der Waals surface area contributed by atoms with Gasteiger partial charge < -0.3 is 13.6 Å². The van der Waals surface area contributed by atoms with E-state index >= 15 is 0 Å². The summed E-state index contributed by atoms with van der Waals surface area (Å²) in [5.74, 6) is 0. The van der Waals surface area contributed by atoms with Crippen LogP contribution in [0.1, 0.15) is 0 Å². The van der Waals surface area contributed by atoms with E-state index in [1.54, 1.807) is 0 Å². The number of fused-ring (bicyclic) bond motifs is 8. The van der Waals surface area contributed by atoms with E-state index in [0.29, 0.717) is 0 Å². The van der Waals surface area contributed by atoms with Crippen LogP contribution in [0.4, 0.5) is 0 Å². The molecule has 4 aromatic carbocycles. The average molecular weight is 387 g/mol. The Morgan fingerprint density at radius 1 is 0.700 bits per heavy atom. The van der Waals surface area contributed by atoms with Crippen LogP contribution < -0.4 is 0 Å². The lowest BCUT2D eigenvalue weighted by atomic mass is 10.1. The van der Waals surface area contributed by atoms with Crippen molar-refractivity contribution in [2.45, 2.75) is 0 Å². The predicted molar refractivity (Wildman–Crippen MR) is 122 cm³/mol. The van der Waals surface area contributed by atoms with E-state index in [4.69, 9.17) is 9.40 Å². The number of imidazole rings is 1. The van der Waals surface area contributed by atoms with E-state index in [1.165, 1.54) is 10.8 Å². The van der Waals surface area contributed by atoms with Crippen molar-refractivity contribution in [2.24, 2.45) is 7.05 Å². The van der Waals surface area contributed by atoms with Gasteiger partial charge in [-0.2, -0.15) is 0 Å². The number of nitrogens with zero attached hydrogens (tertiary/aromatic N) is 3. The van der Waals surface area contributed by atoms with Crippen LogP contribution in [-0.4, -0.2) is 14.1 Å². The van der Waals surface area contributed by atoms with Gasteiger partial charge in [0.25, 0.3) is 0 Å². The average Bonchev–Trinajstić information content (AvgIpc) is 3.45. The molecule has 0 spiro atoms. The molecule has 7 rings (SSSR count). The van der Waals surface area contributed by atoms with E-state index in [9.17, 15) is 0 Å². The van der Waals surface area contributed by atoms with Gasteiger partial charge in [0, 0.05) is 28.6 Å². The van der Waals surface area contributed by atoms with Gasteiger partial charge >= 0.3 is 0 Å². The number of hydrogen-bond acceptors (Lipinski definition) is 2. The molecule has 0 aliphatic carbocycles. The number of aryl methyl sites for hydroxylation is 1. The predicted octanol–water partition coefficient (Wildman–Crippen LogP) is 6.57. The number of hydrogen-bond donors (Lipinski definition) is 0. The van der Waals surface area contributed by atoms with Gasteiger partial charge in [-0.3, -0.25) is 0 Å². The summed E-state index contributed by atoms with van der Waals surface area (Å²) in [7, 11) is 2.03. The van der Waals surface area contributed by atoms with Crippen LogP contribution in [-0.2, 0) is 7.05 Å². The van der Waals surface area contributed by atoms with Crippen molar-refractivity contribution in [1.29, 1.82) is 0 Å². The summed E-state index contributed by atoms with van der Waals surface area (Å²) < 4.78 is 10.8. The molecule has 142 valence electrons. The molecule has 0 atom stereocenters. The highest BCUT2D eigenvalue weighted by atomic mass is 16.3. The van der Waals surface area contributed by atoms with Crippen molar-refractivity contribution in [3.05, 3.63) is 85.2 Å². The molecule has 3 heterocycles. The highest BCUT2D eigenvalue weighted by Gasteiger charge is 2.20. The Labute approximate surface area is 171 Å². The first-order valence-electron chi connectivity index (χ1n) is 10.0. The Morgan fingerprint density at radius 3 is 2.40 bits per heavy atom. The van der Waals surface area contributed by atoms with Crippen LogP contribution in [0.5, 0.6) is 0 Å². The Hall–Kier alpha value is -4.05. The molecule has 0 saturated heterocycles. The van der Waals surface area contributed by atoms with Crippen LogP contribution in [0, 0.1) is 0 Å². The molecule has 0 N–H and O–H groups in total. The zero-order chi connectivity index (χ0) is 19.8. The number of benzene rings is 4. The smallest absolute Gasteiger partial charge is 0.160 e. The van der Waals surface area contributed by atoms with Crippen LogP contribution >= 0.6 is 0 Å². The first kappa shape index (κ1) is 15.8. The number of aromatic nitrogens is 3. The molecular weight excluding hydrogens is 370 g/mol. The number of rotatable bonds is 1. The highest BCUT2D eigenvalue weighted by Crippen LogP contribution is 2.40. The fraction of sp³-hybridized carbons (Fsp3) is 0.0385. The Bertz CT molecular complexity index is 1760. The minimum absolute atomic E-state index is 0.910. The molecule has 0 amide bonds. The summed E-state index contributed by atoms with van der Waals surface area (Å²) in [6.07, 6.45) is 1.87. The molecule has 4 heteroatoms. The summed E-state index contributed by atoms with van der Waals surface area (Å²) in [5, 5.41) is 4.67. The summed E-state index contributed by atoms with van der Waals surface area (Å²) in [6.45, 7) is 0. The second kappa shape index (κ2) is 5.51. The zero-order valence-corrected chi connectivity index (χ0v) is 16.3. The Kier molecular flexibility index (Phi) is 2.91. The molecule has 30 heavy (non-hydrogen) atoms. The molecule has 0 radical (unpaired) electrons. The normalized spacial score (nSPS) is 12.2. The molecule has 0 fully saturated rings. The monoisotopic (exact) mass is 387 g/mol. The Morgan fingerprint density at radius 2 is 1.47 bits per heavy atom. The van der Waals surface area contributed by atoms with Crippen LogP contribution in [0.15, 0.2) is 89.6 Å². The molecule has 0 aliphatic rings. The summed E-state index contributed by atoms with van der Waals surface area (Å²) >= 11 is 0. The number of para-hydroxylation sites is 3. The highest BCUT2D eigenvalue weighted by molar-refractivity contribution is 6.21. The van der Waals surface area contributed by atoms with Gasteiger partial charge in [-0.15, -0.1) is 0 Å². The van der Waals surface area contributed by atoms with Crippen LogP contribution in [0.3, 0.4) is 0 Å². The van der Waals surface area contributed by atoms with Crippen molar-refractivity contribution in [3.8, 4) is 5.69 Å². The second-order valence-electron chi connectivity index (χ2n) is 7.79. The van der Waals surface area contributed by atoms with Gasteiger partial charge in [0.2, 0.25) is 0 Å². The largest absolute Gasteiger partial charge is 0.454 e. The van der Waals surface area contributed by atoms with Crippen molar-refractivity contribution in [2.75, 3.05) is 0 Å².